The van der Waals surface area contributed by atoms with Crippen molar-refractivity contribution in [2.24, 2.45) is 5.92 Å². The fourth-order valence-electron chi connectivity index (χ4n) is 3.55. The van der Waals surface area contributed by atoms with Gasteiger partial charge in [-0.3, -0.25) is 4.79 Å². The van der Waals surface area contributed by atoms with E-state index in [1.54, 1.807) is 0 Å². The van der Waals surface area contributed by atoms with E-state index in [0.717, 1.165) is 45.2 Å². The highest BCUT2D eigenvalue weighted by atomic mass is 16.5. The topological polar surface area (TPSA) is 49.8 Å². The minimum Gasteiger partial charge on any atom is -0.389 e. The van der Waals surface area contributed by atoms with Crippen LogP contribution < -0.4 is 0 Å². The molecule has 1 saturated carbocycles. The summed E-state index contributed by atoms with van der Waals surface area (Å²) >= 11 is 0. The fraction of sp³-hybridized carbons (Fsp3) is 0.929. The number of rotatable bonds is 2. The average molecular weight is 253 g/mol. The monoisotopic (exact) mass is 253 g/mol. The van der Waals surface area contributed by atoms with Crippen molar-refractivity contribution in [3.8, 4) is 0 Å². The van der Waals surface area contributed by atoms with Gasteiger partial charge in [0.25, 0.3) is 0 Å². The van der Waals surface area contributed by atoms with E-state index in [1.165, 1.54) is 0 Å². The third-order valence-electron chi connectivity index (χ3n) is 4.85. The summed E-state index contributed by atoms with van der Waals surface area (Å²) in [5, 5.41) is 10.1. The van der Waals surface area contributed by atoms with Crippen molar-refractivity contribution in [3.05, 3.63) is 0 Å². The van der Waals surface area contributed by atoms with E-state index in [2.05, 4.69) is 6.92 Å². The van der Waals surface area contributed by atoms with E-state index in [4.69, 9.17) is 4.74 Å². The second-order valence-electron chi connectivity index (χ2n) is 6.36. The van der Waals surface area contributed by atoms with Crippen molar-refractivity contribution in [2.75, 3.05) is 13.1 Å². The van der Waals surface area contributed by atoms with Gasteiger partial charge in [0.1, 0.15) is 0 Å². The fourth-order valence-corrected chi connectivity index (χ4v) is 3.55. The third kappa shape index (κ3) is 2.28. The summed E-state index contributed by atoms with van der Waals surface area (Å²) in [6.45, 7) is 3.68. The van der Waals surface area contributed by atoms with E-state index in [0.29, 0.717) is 18.4 Å². The van der Waals surface area contributed by atoms with Gasteiger partial charge in [0.15, 0.2) is 0 Å². The summed E-state index contributed by atoms with van der Waals surface area (Å²) in [4.78, 5) is 14.1. The highest BCUT2D eigenvalue weighted by molar-refractivity contribution is 5.77. The van der Waals surface area contributed by atoms with Gasteiger partial charge in [0.05, 0.1) is 24.2 Å². The molecule has 0 bridgehead atoms. The molecule has 2 aliphatic heterocycles. The molecule has 0 aromatic rings. The number of carbonyl (C=O) groups excluding carboxylic acids is 1. The number of likely N-dealkylation sites (tertiary alicyclic amines) is 1. The molecule has 0 radical (unpaired) electrons. The smallest absolute Gasteiger partial charge is 0.225 e. The van der Waals surface area contributed by atoms with Crippen LogP contribution >= 0.6 is 0 Å². The van der Waals surface area contributed by atoms with Gasteiger partial charge in [0.2, 0.25) is 5.91 Å². The highest BCUT2D eigenvalue weighted by Gasteiger charge is 2.41. The molecule has 4 nitrogen and oxygen atoms in total. The minimum absolute atomic E-state index is 0.110. The Morgan fingerprint density at radius 3 is 2.94 bits per heavy atom. The molecule has 1 aliphatic carbocycles. The van der Waals surface area contributed by atoms with Crippen LogP contribution in [-0.2, 0) is 9.53 Å². The third-order valence-corrected chi connectivity index (χ3v) is 4.85. The van der Waals surface area contributed by atoms with Crippen molar-refractivity contribution in [3.63, 3.8) is 0 Å². The van der Waals surface area contributed by atoms with E-state index in [-0.39, 0.29) is 12.0 Å². The Kier molecular flexibility index (Phi) is 3.10. The molecule has 18 heavy (non-hydrogen) atoms. The van der Waals surface area contributed by atoms with Crippen molar-refractivity contribution < 1.29 is 14.6 Å². The molecular weight excluding hydrogens is 230 g/mol. The van der Waals surface area contributed by atoms with Crippen molar-refractivity contribution in [2.45, 2.75) is 63.3 Å². The number of amides is 1. The van der Waals surface area contributed by atoms with Gasteiger partial charge in [-0.05, 0) is 44.9 Å². The Bertz CT molecular complexity index is 340. The number of carbonyl (C=O) groups is 1. The van der Waals surface area contributed by atoms with Crippen molar-refractivity contribution in [1.29, 1.82) is 0 Å². The van der Waals surface area contributed by atoms with Crippen molar-refractivity contribution in [1.82, 2.24) is 4.90 Å². The summed E-state index contributed by atoms with van der Waals surface area (Å²) in [6.07, 6.45) is 5.68. The maximum atomic E-state index is 12.2. The molecule has 2 saturated heterocycles. The first-order chi connectivity index (χ1) is 8.56. The van der Waals surface area contributed by atoms with Crippen LogP contribution in [0.25, 0.3) is 0 Å². The molecule has 4 heteroatoms. The molecule has 2 heterocycles. The number of aliphatic hydroxyl groups is 1. The molecule has 3 fully saturated rings. The number of hydrogen-bond donors (Lipinski definition) is 1. The zero-order valence-electron chi connectivity index (χ0n) is 11.1. The first kappa shape index (κ1) is 12.4. The molecule has 3 rings (SSSR count). The van der Waals surface area contributed by atoms with Crippen LogP contribution in [0.2, 0.25) is 0 Å². The van der Waals surface area contributed by atoms with Gasteiger partial charge in [-0.2, -0.15) is 0 Å². The number of piperidine rings is 1. The molecule has 0 unspecified atom stereocenters. The summed E-state index contributed by atoms with van der Waals surface area (Å²) in [6, 6.07) is 0. The maximum absolute atomic E-state index is 12.2. The van der Waals surface area contributed by atoms with Crippen molar-refractivity contribution >= 4 is 5.91 Å². The number of hydrogen-bond acceptors (Lipinski definition) is 3. The average Bonchev–Trinajstić information content (AvgIpc) is 2.65. The summed E-state index contributed by atoms with van der Waals surface area (Å²) in [5.41, 5.74) is -0.697. The molecular formula is C14H23NO3. The second-order valence-corrected chi connectivity index (χ2v) is 6.36. The standard InChI is InChI=1S/C14H23NO3/c1-10-7-11-3-6-15(9-12(11)18-10)13(16)8-14(17)4-2-5-14/h10-12,17H,2-9H2,1H3/t10-,11+,12-/m1/s1. The largest absolute Gasteiger partial charge is 0.389 e. The van der Waals surface area contributed by atoms with Crippen LogP contribution in [0.15, 0.2) is 0 Å². The van der Waals surface area contributed by atoms with Gasteiger partial charge in [0, 0.05) is 13.1 Å². The number of nitrogens with zero attached hydrogens (tertiary/aromatic N) is 1. The normalized spacial score (nSPS) is 38.1. The lowest BCUT2D eigenvalue weighted by molar-refractivity contribution is -0.144. The van der Waals surface area contributed by atoms with Gasteiger partial charge in [-0.1, -0.05) is 0 Å². The Labute approximate surface area is 108 Å². The molecule has 102 valence electrons. The lowest BCUT2D eigenvalue weighted by Crippen LogP contribution is -2.49. The van der Waals surface area contributed by atoms with Crippen LogP contribution in [0, 0.1) is 5.92 Å². The lowest BCUT2D eigenvalue weighted by Gasteiger charge is -2.40. The van der Waals surface area contributed by atoms with E-state index >= 15 is 0 Å². The zero-order valence-corrected chi connectivity index (χ0v) is 11.1. The van der Waals surface area contributed by atoms with Crippen LogP contribution in [-0.4, -0.2) is 46.8 Å². The predicted octanol–water partition coefficient (Wildman–Crippen LogP) is 1.32. The Balaban J connectivity index is 1.55. The summed E-state index contributed by atoms with van der Waals surface area (Å²) in [5.74, 6) is 0.745. The van der Waals surface area contributed by atoms with E-state index in [1.807, 2.05) is 4.90 Å². The second kappa shape index (κ2) is 4.49. The molecule has 3 aliphatic rings. The summed E-state index contributed by atoms with van der Waals surface area (Å²) < 4.78 is 5.86. The number of ether oxygens (including phenoxy) is 1. The lowest BCUT2D eigenvalue weighted by atomic mass is 9.77. The molecule has 0 aromatic heterocycles. The molecule has 0 aromatic carbocycles. The molecule has 0 spiro atoms. The van der Waals surface area contributed by atoms with E-state index in [9.17, 15) is 9.90 Å². The van der Waals surface area contributed by atoms with Gasteiger partial charge in [-0.25, -0.2) is 0 Å². The minimum atomic E-state index is -0.697. The van der Waals surface area contributed by atoms with E-state index < -0.39 is 5.60 Å². The van der Waals surface area contributed by atoms with Crippen LogP contribution in [0.4, 0.5) is 0 Å². The quantitative estimate of drug-likeness (QED) is 0.807. The first-order valence-electron chi connectivity index (χ1n) is 7.21. The van der Waals surface area contributed by atoms with Crippen LogP contribution in [0.5, 0.6) is 0 Å². The zero-order chi connectivity index (χ0) is 12.8. The predicted molar refractivity (Wildman–Crippen MR) is 67.1 cm³/mol. The van der Waals surface area contributed by atoms with Gasteiger partial charge < -0.3 is 14.7 Å². The molecule has 1 amide bonds. The summed E-state index contributed by atoms with van der Waals surface area (Å²) in [7, 11) is 0. The molecule has 1 N–H and O–H groups in total. The highest BCUT2D eigenvalue weighted by Crippen LogP contribution is 2.37. The van der Waals surface area contributed by atoms with Crippen LogP contribution in [0.1, 0.15) is 45.4 Å². The maximum Gasteiger partial charge on any atom is 0.225 e. The Morgan fingerprint density at radius 1 is 1.50 bits per heavy atom. The molecule has 3 atom stereocenters. The van der Waals surface area contributed by atoms with Crippen LogP contribution in [0.3, 0.4) is 0 Å². The van der Waals surface area contributed by atoms with Gasteiger partial charge in [-0.15, -0.1) is 0 Å². The Hall–Kier alpha value is -0.610. The van der Waals surface area contributed by atoms with Gasteiger partial charge >= 0.3 is 0 Å². The number of fused-ring (bicyclic) bond motifs is 1. The first-order valence-corrected chi connectivity index (χ1v) is 7.21. The SMILES string of the molecule is C[C@@H]1C[C@@H]2CCN(C(=O)CC3(O)CCC3)C[C@H]2O1. The Morgan fingerprint density at radius 2 is 2.28 bits per heavy atom.